The van der Waals surface area contributed by atoms with Gasteiger partial charge >= 0.3 is 0 Å². The van der Waals surface area contributed by atoms with Gasteiger partial charge in [0.1, 0.15) is 0 Å². The molecule has 8 nitrogen and oxygen atoms in total. The molecule has 346 valence electrons. The molecule has 10 aromatic carbocycles. The first-order chi connectivity index (χ1) is 36.7. The molecule has 0 fully saturated rings. The molecule has 0 aliphatic carbocycles. The highest BCUT2D eigenvalue weighted by Crippen LogP contribution is 2.42. The molecule has 8 heteroatoms. The molecular formula is C66H42N8. The number of aromatic nitrogens is 8. The molecule has 0 spiro atoms. The first-order valence-corrected chi connectivity index (χ1v) is 24.7. The highest BCUT2D eigenvalue weighted by molar-refractivity contribution is 6.23. The third-order valence-corrected chi connectivity index (χ3v) is 13.8. The quantitative estimate of drug-likeness (QED) is 0.143. The van der Waals surface area contributed by atoms with Crippen LogP contribution in [-0.4, -0.2) is 39.0 Å². The van der Waals surface area contributed by atoms with Gasteiger partial charge in [-0.15, -0.1) is 0 Å². The molecule has 0 radical (unpaired) electrons. The summed E-state index contributed by atoms with van der Waals surface area (Å²) in [5.74, 6) is 3.48. The number of hydrogen-bond acceptors (Lipinski definition) is 6. The smallest absolute Gasteiger partial charge is 0.238 e. The van der Waals surface area contributed by atoms with E-state index in [2.05, 4.69) is 167 Å². The first-order valence-electron chi connectivity index (χ1n) is 24.7. The van der Waals surface area contributed by atoms with E-state index in [0.717, 1.165) is 88.2 Å². The number of hydrogen-bond donors (Lipinski definition) is 0. The number of rotatable bonds is 9. The standard InChI is InChI=1S/C66H42N8/c1-5-19-43(20-6-1)49-27-17-28-50(41-49)44-35-37-48(38-36-44)62-67-61(45-21-7-2-8-22-45)68-65(69-62)51-29-18-30-52(42-51)73-57-33-15-13-31-53(57)55-39-40-56-54-32-14-16-34-58(54)74(60(56)59(55)73)66-71-63(46-23-9-3-10-24-46)70-64(72-66)47-25-11-4-12-26-47/h1-42H. The highest BCUT2D eigenvalue weighted by atomic mass is 15.2. The van der Waals surface area contributed by atoms with Crippen LogP contribution in [0.5, 0.6) is 0 Å². The van der Waals surface area contributed by atoms with Crippen molar-refractivity contribution < 1.29 is 0 Å². The molecule has 0 bridgehead atoms. The molecule has 0 saturated heterocycles. The predicted octanol–water partition coefficient (Wildman–Crippen LogP) is 15.9. The van der Waals surface area contributed by atoms with E-state index in [4.69, 9.17) is 29.9 Å². The maximum atomic E-state index is 5.30. The fourth-order valence-electron chi connectivity index (χ4n) is 10.3. The number of nitrogens with zero attached hydrogens (tertiary/aromatic N) is 8. The average molecular weight is 947 g/mol. The summed E-state index contributed by atoms with van der Waals surface area (Å²) in [6, 6.07) is 88.2. The van der Waals surface area contributed by atoms with E-state index >= 15 is 0 Å². The molecule has 4 heterocycles. The number of benzene rings is 10. The van der Waals surface area contributed by atoms with Gasteiger partial charge in [0.2, 0.25) is 5.95 Å². The van der Waals surface area contributed by atoms with Crippen molar-refractivity contribution in [2.75, 3.05) is 0 Å². The molecule has 4 aromatic heterocycles. The first kappa shape index (κ1) is 42.7. The minimum absolute atomic E-state index is 0.529. The van der Waals surface area contributed by atoms with Gasteiger partial charge in [0.15, 0.2) is 29.1 Å². The van der Waals surface area contributed by atoms with Crippen molar-refractivity contribution in [3.8, 4) is 90.8 Å². The minimum atomic E-state index is 0.529. The zero-order chi connectivity index (χ0) is 49.0. The third-order valence-electron chi connectivity index (χ3n) is 13.8. The summed E-state index contributed by atoms with van der Waals surface area (Å²) >= 11 is 0. The van der Waals surface area contributed by atoms with E-state index in [1.807, 2.05) is 97.1 Å². The summed E-state index contributed by atoms with van der Waals surface area (Å²) in [7, 11) is 0. The Morgan fingerprint density at radius 2 is 0.568 bits per heavy atom. The predicted molar refractivity (Wildman–Crippen MR) is 300 cm³/mol. The Bertz CT molecular complexity index is 4340. The van der Waals surface area contributed by atoms with Crippen LogP contribution in [0.4, 0.5) is 0 Å². The van der Waals surface area contributed by atoms with Crippen molar-refractivity contribution in [3.05, 3.63) is 255 Å². The van der Waals surface area contributed by atoms with E-state index in [9.17, 15) is 0 Å². The van der Waals surface area contributed by atoms with E-state index in [1.165, 1.54) is 11.1 Å². The second kappa shape index (κ2) is 17.9. The molecule has 0 atom stereocenters. The fraction of sp³-hybridized carbons (Fsp3) is 0. The Balaban J connectivity index is 0.955. The van der Waals surface area contributed by atoms with Crippen LogP contribution in [0.3, 0.4) is 0 Å². The molecule has 74 heavy (non-hydrogen) atoms. The molecular weight excluding hydrogens is 905 g/mol. The molecule has 14 rings (SSSR count). The molecule has 0 N–H and O–H groups in total. The summed E-state index contributed by atoms with van der Waals surface area (Å²) in [6.07, 6.45) is 0. The van der Waals surface area contributed by atoms with Gasteiger partial charge in [0, 0.05) is 55.0 Å². The molecule has 14 aromatic rings. The van der Waals surface area contributed by atoms with Gasteiger partial charge in [-0.1, -0.05) is 224 Å². The lowest BCUT2D eigenvalue weighted by Crippen LogP contribution is -2.07. The third kappa shape index (κ3) is 7.48. The minimum Gasteiger partial charge on any atom is -0.307 e. The lowest BCUT2D eigenvalue weighted by molar-refractivity contribution is 0.953. The van der Waals surface area contributed by atoms with E-state index in [1.54, 1.807) is 0 Å². The van der Waals surface area contributed by atoms with Crippen molar-refractivity contribution in [1.82, 2.24) is 39.0 Å². The van der Waals surface area contributed by atoms with Crippen LogP contribution in [0.15, 0.2) is 255 Å². The maximum absolute atomic E-state index is 5.30. The molecule has 0 unspecified atom stereocenters. The van der Waals surface area contributed by atoms with Gasteiger partial charge in [0.25, 0.3) is 0 Å². The zero-order valence-corrected chi connectivity index (χ0v) is 39.8. The van der Waals surface area contributed by atoms with Crippen molar-refractivity contribution >= 4 is 43.6 Å². The van der Waals surface area contributed by atoms with Crippen LogP contribution in [-0.2, 0) is 0 Å². The second-order valence-electron chi connectivity index (χ2n) is 18.3. The van der Waals surface area contributed by atoms with Gasteiger partial charge in [-0.3, -0.25) is 4.57 Å². The maximum Gasteiger partial charge on any atom is 0.238 e. The van der Waals surface area contributed by atoms with Crippen molar-refractivity contribution in [1.29, 1.82) is 0 Å². The molecule has 0 amide bonds. The average Bonchev–Trinajstić information content (AvgIpc) is 4.02. The lowest BCUT2D eigenvalue weighted by atomic mass is 9.98. The van der Waals surface area contributed by atoms with E-state index in [0.29, 0.717) is 35.1 Å². The van der Waals surface area contributed by atoms with Crippen molar-refractivity contribution in [3.63, 3.8) is 0 Å². The Kier molecular flexibility index (Phi) is 10.3. The number of fused-ring (bicyclic) bond motifs is 7. The SMILES string of the molecule is c1ccc(-c2cccc(-c3ccc(-c4nc(-c5ccccc5)nc(-c5cccc(-n6c7ccccc7c7ccc8c9ccccc9n(-c9nc(-c%10ccccc%10)nc(-c%10ccccc%10)n9)c8c76)c5)n4)cc3)c2)cc1. The Morgan fingerprint density at radius 3 is 1.09 bits per heavy atom. The molecule has 0 aliphatic rings. The van der Waals surface area contributed by atoms with Crippen molar-refractivity contribution in [2.24, 2.45) is 0 Å². The Labute approximate surface area is 426 Å². The summed E-state index contributed by atoms with van der Waals surface area (Å²) in [6.45, 7) is 0. The van der Waals surface area contributed by atoms with Crippen LogP contribution < -0.4 is 0 Å². The van der Waals surface area contributed by atoms with Crippen LogP contribution in [0.25, 0.3) is 134 Å². The highest BCUT2D eigenvalue weighted by Gasteiger charge is 2.24. The molecule has 0 aliphatic heterocycles. The Hall–Kier alpha value is -10.2. The van der Waals surface area contributed by atoms with E-state index in [-0.39, 0.29) is 0 Å². The summed E-state index contributed by atoms with van der Waals surface area (Å²) < 4.78 is 4.59. The van der Waals surface area contributed by atoms with Gasteiger partial charge < -0.3 is 4.57 Å². The van der Waals surface area contributed by atoms with Crippen molar-refractivity contribution in [2.45, 2.75) is 0 Å². The summed E-state index contributed by atoms with van der Waals surface area (Å²) in [4.78, 5) is 31.2. The van der Waals surface area contributed by atoms with Gasteiger partial charge in [0.05, 0.1) is 22.1 Å². The normalized spacial score (nSPS) is 11.5. The summed E-state index contributed by atoms with van der Waals surface area (Å²) in [5.41, 5.74) is 14.1. The van der Waals surface area contributed by atoms with Crippen LogP contribution in [0.2, 0.25) is 0 Å². The van der Waals surface area contributed by atoms with Gasteiger partial charge in [-0.25, -0.2) is 19.9 Å². The number of para-hydroxylation sites is 2. The van der Waals surface area contributed by atoms with Crippen LogP contribution in [0.1, 0.15) is 0 Å². The van der Waals surface area contributed by atoms with Gasteiger partial charge in [-0.05, 0) is 52.6 Å². The fourth-order valence-corrected chi connectivity index (χ4v) is 10.3. The van der Waals surface area contributed by atoms with Gasteiger partial charge in [-0.2, -0.15) is 9.97 Å². The van der Waals surface area contributed by atoms with E-state index < -0.39 is 0 Å². The molecule has 0 saturated carbocycles. The monoisotopic (exact) mass is 946 g/mol. The lowest BCUT2D eigenvalue weighted by Gasteiger charge is -2.14. The topological polar surface area (TPSA) is 87.2 Å². The second-order valence-corrected chi connectivity index (χ2v) is 18.3. The largest absolute Gasteiger partial charge is 0.307 e. The summed E-state index contributed by atoms with van der Waals surface area (Å²) in [5, 5.41) is 4.41. The van der Waals surface area contributed by atoms with Crippen LogP contribution in [0, 0.1) is 0 Å². The zero-order valence-electron chi connectivity index (χ0n) is 39.8. The van der Waals surface area contributed by atoms with Crippen LogP contribution >= 0.6 is 0 Å². The Morgan fingerprint density at radius 1 is 0.216 bits per heavy atom.